The van der Waals surface area contributed by atoms with Crippen LogP contribution in [0.25, 0.3) is 0 Å². The van der Waals surface area contributed by atoms with Crippen LogP contribution in [-0.4, -0.2) is 6.11 Å². The maximum absolute atomic E-state index is 15.1. The van der Waals surface area contributed by atoms with E-state index in [9.17, 15) is 22.0 Å². The third-order valence-corrected chi connectivity index (χ3v) is 8.86. The molecule has 0 bridgehead atoms. The average Bonchev–Trinajstić information content (AvgIpc) is 2.95. The van der Waals surface area contributed by atoms with Crippen LogP contribution in [0.3, 0.4) is 0 Å². The Hall–Kier alpha value is -3.30. The van der Waals surface area contributed by atoms with E-state index in [2.05, 4.69) is 6.92 Å². The molecule has 0 heterocycles. The highest BCUT2D eigenvalue weighted by Gasteiger charge is 2.44. The fourth-order valence-electron chi connectivity index (χ4n) is 6.25. The van der Waals surface area contributed by atoms with E-state index >= 15 is 13.2 Å². The van der Waals surface area contributed by atoms with Gasteiger partial charge in [0.25, 0.3) is 0 Å². The van der Waals surface area contributed by atoms with Gasteiger partial charge in [0.15, 0.2) is 17.5 Å². The number of rotatable bonds is 8. The molecule has 2 aliphatic carbocycles. The van der Waals surface area contributed by atoms with Gasteiger partial charge in [-0.05, 0) is 73.5 Å². The predicted octanol–water partition coefficient (Wildman–Crippen LogP) is 10.3. The molecule has 5 rings (SSSR count). The van der Waals surface area contributed by atoms with Crippen LogP contribution >= 0.6 is 0 Å². The zero-order valence-electron chi connectivity index (χ0n) is 23.6. The minimum atomic E-state index is -3.74. The van der Waals surface area contributed by atoms with Crippen LogP contribution in [0, 0.1) is 46.7 Å². The molecule has 3 aromatic rings. The molecule has 2 nitrogen and oxygen atoms in total. The summed E-state index contributed by atoms with van der Waals surface area (Å²) in [5.74, 6) is -9.41. The molecule has 2 saturated carbocycles. The minimum absolute atomic E-state index is 0.0288. The summed E-state index contributed by atoms with van der Waals surface area (Å²) >= 11 is 0. The van der Waals surface area contributed by atoms with Crippen LogP contribution < -0.4 is 9.47 Å². The normalized spacial score (nSPS) is 22.8. The largest absolute Gasteiger partial charge is 0.488 e. The van der Waals surface area contributed by atoms with Crippen LogP contribution in [0.2, 0.25) is 0 Å². The van der Waals surface area contributed by atoms with Crippen LogP contribution in [0.4, 0.5) is 35.1 Å². The highest BCUT2D eigenvalue weighted by atomic mass is 19.3. The first-order chi connectivity index (χ1) is 20.4. The van der Waals surface area contributed by atoms with Crippen molar-refractivity contribution in [2.45, 2.75) is 82.8 Å². The molecule has 2 aliphatic rings. The maximum atomic E-state index is 15.1. The molecule has 10 heteroatoms. The van der Waals surface area contributed by atoms with Crippen molar-refractivity contribution in [3.05, 3.63) is 94.1 Å². The van der Waals surface area contributed by atoms with Crippen LogP contribution in [0.5, 0.6) is 11.5 Å². The Kier molecular flexibility index (Phi) is 9.23. The summed E-state index contributed by atoms with van der Waals surface area (Å²) in [6.07, 6.45) is 1.23. The number of hydrogen-bond acceptors (Lipinski definition) is 2. The molecular weight excluding hydrogens is 580 g/mol. The Labute approximate surface area is 245 Å². The first kappa shape index (κ1) is 31.1. The molecule has 43 heavy (non-hydrogen) atoms. The zero-order chi connectivity index (χ0) is 30.9. The van der Waals surface area contributed by atoms with Crippen molar-refractivity contribution in [3.8, 4) is 11.5 Å². The van der Waals surface area contributed by atoms with Gasteiger partial charge in [-0.3, -0.25) is 0 Å². The summed E-state index contributed by atoms with van der Waals surface area (Å²) in [6, 6.07) is 7.46. The topological polar surface area (TPSA) is 18.5 Å². The van der Waals surface area contributed by atoms with Gasteiger partial charge in [0.2, 0.25) is 0 Å². The second kappa shape index (κ2) is 12.7. The van der Waals surface area contributed by atoms with Gasteiger partial charge in [-0.2, -0.15) is 8.78 Å². The first-order valence-electron chi connectivity index (χ1n) is 14.5. The number of alkyl halides is 2. The van der Waals surface area contributed by atoms with Crippen molar-refractivity contribution in [3.63, 3.8) is 0 Å². The molecule has 0 atom stereocenters. The van der Waals surface area contributed by atoms with E-state index in [1.165, 1.54) is 0 Å². The van der Waals surface area contributed by atoms with E-state index in [-0.39, 0.29) is 24.6 Å². The molecule has 0 aromatic heterocycles. The predicted molar refractivity (Wildman–Crippen MR) is 144 cm³/mol. The highest BCUT2D eigenvalue weighted by molar-refractivity contribution is 5.32. The SMILES string of the molecule is CC1CCC(c2ccc(C3CCC(C(F)(F)Oc4cc(F)c(COc5cc(F)c(F)c(F)c5)c(F)c4)CC3)c(F)c2)CC1. The van der Waals surface area contributed by atoms with Gasteiger partial charge in [0.1, 0.15) is 35.6 Å². The van der Waals surface area contributed by atoms with Crippen molar-refractivity contribution in [1.82, 2.24) is 0 Å². The molecule has 0 aliphatic heterocycles. The molecule has 3 aromatic carbocycles. The minimum Gasteiger partial charge on any atom is -0.488 e. The standard InChI is InChI=1S/C33H32F8O2/c1-18-2-4-19(5-3-18)21-8-11-25(27(34)12-21)20-6-9-22(10-7-20)33(40,41)43-24-15-28(35)26(29(36)16-24)17-42-23-13-30(37)32(39)31(38)14-23/h8,11-16,18-20,22H,2-7,9-10,17H2,1H3. The van der Waals surface area contributed by atoms with Gasteiger partial charge in [-0.1, -0.05) is 31.9 Å². The lowest BCUT2D eigenvalue weighted by Crippen LogP contribution is -2.37. The third-order valence-electron chi connectivity index (χ3n) is 8.86. The number of ether oxygens (including phenoxy) is 2. The Bertz CT molecular complexity index is 1400. The summed E-state index contributed by atoms with van der Waals surface area (Å²) in [7, 11) is 0. The maximum Gasteiger partial charge on any atom is 0.400 e. The van der Waals surface area contributed by atoms with Crippen LogP contribution in [0.15, 0.2) is 42.5 Å². The lowest BCUT2D eigenvalue weighted by atomic mass is 9.76. The molecule has 2 fully saturated rings. The van der Waals surface area contributed by atoms with Crippen molar-refractivity contribution in [2.75, 3.05) is 0 Å². The van der Waals surface area contributed by atoms with Gasteiger partial charge in [-0.15, -0.1) is 0 Å². The summed E-state index contributed by atoms with van der Waals surface area (Å²) < 4.78 is 124. The lowest BCUT2D eigenvalue weighted by molar-refractivity contribution is -0.222. The molecular formula is C33H32F8O2. The lowest BCUT2D eigenvalue weighted by Gasteiger charge is -2.34. The zero-order valence-corrected chi connectivity index (χ0v) is 23.6. The van der Waals surface area contributed by atoms with Gasteiger partial charge in [-0.25, -0.2) is 26.3 Å². The first-order valence-corrected chi connectivity index (χ1v) is 14.5. The van der Waals surface area contributed by atoms with Gasteiger partial charge in [0.05, 0.1) is 11.5 Å². The summed E-state index contributed by atoms with van der Waals surface area (Å²) in [5.41, 5.74) is 0.799. The summed E-state index contributed by atoms with van der Waals surface area (Å²) in [4.78, 5) is 0. The highest BCUT2D eigenvalue weighted by Crippen LogP contribution is 2.45. The smallest absolute Gasteiger partial charge is 0.400 e. The molecule has 0 N–H and O–H groups in total. The Morgan fingerprint density at radius 2 is 1.21 bits per heavy atom. The monoisotopic (exact) mass is 612 g/mol. The molecule has 0 radical (unpaired) electrons. The Morgan fingerprint density at radius 1 is 0.651 bits per heavy atom. The van der Waals surface area contributed by atoms with Crippen LogP contribution in [0.1, 0.15) is 86.8 Å². The Balaban J connectivity index is 1.18. The molecule has 232 valence electrons. The third kappa shape index (κ3) is 7.10. The van der Waals surface area contributed by atoms with E-state index in [4.69, 9.17) is 9.47 Å². The molecule has 0 unspecified atom stereocenters. The van der Waals surface area contributed by atoms with Crippen molar-refractivity contribution >= 4 is 0 Å². The van der Waals surface area contributed by atoms with E-state index in [0.29, 0.717) is 54.5 Å². The van der Waals surface area contributed by atoms with Crippen molar-refractivity contribution in [1.29, 1.82) is 0 Å². The number of benzene rings is 3. The number of hydrogen-bond donors (Lipinski definition) is 0. The van der Waals surface area contributed by atoms with E-state index in [0.717, 1.165) is 31.2 Å². The second-order valence-corrected chi connectivity index (χ2v) is 11.8. The summed E-state index contributed by atoms with van der Waals surface area (Å²) in [5, 5.41) is 0. The molecule has 0 amide bonds. The van der Waals surface area contributed by atoms with Crippen LogP contribution in [-0.2, 0) is 6.61 Å². The number of halogens is 8. The molecule has 0 spiro atoms. The average molecular weight is 613 g/mol. The Morgan fingerprint density at radius 3 is 1.79 bits per heavy atom. The second-order valence-electron chi connectivity index (χ2n) is 11.8. The van der Waals surface area contributed by atoms with Gasteiger partial charge >= 0.3 is 6.11 Å². The van der Waals surface area contributed by atoms with Gasteiger partial charge < -0.3 is 9.47 Å². The summed E-state index contributed by atoms with van der Waals surface area (Å²) in [6.45, 7) is 1.38. The van der Waals surface area contributed by atoms with E-state index < -0.39 is 64.8 Å². The van der Waals surface area contributed by atoms with Crippen molar-refractivity contribution in [2.24, 2.45) is 11.8 Å². The van der Waals surface area contributed by atoms with E-state index in [1.807, 2.05) is 6.07 Å². The fourth-order valence-corrected chi connectivity index (χ4v) is 6.25. The quantitative estimate of drug-likeness (QED) is 0.186. The fraction of sp³-hybridized carbons (Fsp3) is 0.455. The molecule has 0 saturated heterocycles. The van der Waals surface area contributed by atoms with Crippen molar-refractivity contribution < 1.29 is 44.6 Å². The van der Waals surface area contributed by atoms with E-state index in [1.54, 1.807) is 12.1 Å². The van der Waals surface area contributed by atoms with Gasteiger partial charge in [0, 0.05) is 24.3 Å².